The largest absolute Gasteiger partial charge is 0.455 e. The zero-order valence-corrected chi connectivity index (χ0v) is 13.6. The number of amides is 3. The molecule has 1 fully saturated rings. The SMILES string of the molecule is O=C(Cc1csc(-c2ccsc2)n1)OCC(=O)N1CCNC1=O. The van der Waals surface area contributed by atoms with Crippen LogP contribution in [0.5, 0.6) is 0 Å². The summed E-state index contributed by atoms with van der Waals surface area (Å²) in [4.78, 5) is 40.2. The number of esters is 1. The van der Waals surface area contributed by atoms with Crippen molar-refractivity contribution in [3.63, 3.8) is 0 Å². The van der Waals surface area contributed by atoms with Gasteiger partial charge in [-0.15, -0.1) is 11.3 Å². The highest BCUT2D eigenvalue weighted by Crippen LogP contribution is 2.25. The van der Waals surface area contributed by atoms with Crippen LogP contribution in [-0.2, 0) is 20.7 Å². The first-order valence-corrected chi connectivity index (χ1v) is 8.66. The fourth-order valence-electron chi connectivity index (χ4n) is 2.04. The summed E-state index contributed by atoms with van der Waals surface area (Å²) >= 11 is 3.04. The van der Waals surface area contributed by atoms with Gasteiger partial charge in [0.25, 0.3) is 5.91 Å². The summed E-state index contributed by atoms with van der Waals surface area (Å²) in [5.74, 6) is -1.06. The average Bonchev–Trinajstić information content (AvgIpc) is 3.25. The lowest BCUT2D eigenvalue weighted by atomic mass is 10.3. The number of aromatic nitrogens is 1. The Balaban J connectivity index is 1.50. The van der Waals surface area contributed by atoms with E-state index in [9.17, 15) is 14.4 Å². The monoisotopic (exact) mass is 351 g/mol. The van der Waals surface area contributed by atoms with E-state index in [1.54, 1.807) is 16.7 Å². The summed E-state index contributed by atoms with van der Waals surface area (Å²) in [5.41, 5.74) is 1.63. The Bertz CT molecular complexity index is 726. The second-order valence-electron chi connectivity index (χ2n) is 4.77. The summed E-state index contributed by atoms with van der Waals surface area (Å²) in [6.07, 6.45) is 0.000113. The number of imide groups is 1. The van der Waals surface area contributed by atoms with Gasteiger partial charge >= 0.3 is 12.0 Å². The first-order valence-electron chi connectivity index (χ1n) is 6.84. The first-order chi connectivity index (χ1) is 11.1. The molecular formula is C14H13N3O4S2. The third-order valence-corrected chi connectivity index (χ3v) is 4.78. The van der Waals surface area contributed by atoms with Crippen molar-refractivity contribution < 1.29 is 19.1 Å². The van der Waals surface area contributed by atoms with E-state index in [1.807, 2.05) is 16.8 Å². The molecule has 0 bridgehead atoms. The first kappa shape index (κ1) is 15.6. The predicted molar refractivity (Wildman–Crippen MR) is 85.2 cm³/mol. The van der Waals surface area contributed by atoms with Gasteiger partial charge in [-0.2, -0.15) is 11.3 Å². The molecule has 0 radical (unpaired) electrons. The number of nitrogens with zero attached hydrogens (tertiary/aromatic N) is 2. The highest BCUT2D eigenvalue weighted by Gasteiger charge is 2.26. The predicted octanol–water partition coefficient (Wildman–Crippen LogP) is 1.51. The zero-order chi connectivity index (χ0) is 16.2. The normalized spacial score (nSPS) is 13.9. The minimum atomic E-state index is -0.542. The van der Waals surface area contributed by atoms with Gasteiger partial charge in [0.05, 0.1) is 12.1 Å². The van der Waals surface area contributed by atoms with E-state index in [4.69, 9.17) is 4.74 Å². The Morgan fingerprint density at radius 1 is 1.39 bits per heavy atom. The average molecular weight is 351 g/mol. The molecule has 7 nitrogen and oxygen atoms in total. The Hall–Kier alpha value is -2.26. The Morgan fingerprint density at radius 3 is 2.96 bits per heavy atom. The summed E-state index contributed by atoms with van der Waals surface area (Å²) < 4.78 is 4.93. The molecule has 3 rings (SSSR count). The fourth-order valence-corrected chi connectivity index (χ4v) is 3.57. The zero-order valence-electron chi connectivity index (χ0n) is 12.0. The molecule has 0 aliphatic carbocycles. The van der Waals surface area contributed by atoms with Gasteiger partial charge in [-0.05, 0) is 11.4 Å². The summed E-state index contributed by atoms with van der Waals surface area (Å²) in [5, 5.41) is 9.10. The van der Waals surface area contributed by atoms with E-state index in [2.05, 4.69) is 10.3 Å². The van der Waals surface area contributed by atoms with E-state index in [0.29, 0.717) is 18.8 Å². The lowest BCUT2D eigenvalue weighted by molar-refractivity contribution is -0.150. The highest BCUT2D eigenvalue weighted by atomic mass is 32.1. The number of thiazole rings is 1. The summed E-state index contributed by atoms with van der Waals surface area (Å²) in [6, 6.07) is 1.51. The number of rotatable bonds is 5. The number of carbonyl (C=O) groups excluding carboxylic acids is 3. The van der Waals surface area contributed by atoms with Crippen LogP contribution in [-0.4, -0.2) is 47.5 Å². The third-order valence-electron chi connectivity index (χ3n) is 3.16. The number of hydrogen-bond donors (Lipinski definition) is 1. The maximum atomic E-state index is 11.8. The number of urea groups is 1. The number of thiophene rings is 1. The van der Waals surface area contributed by atoms with Gasteiger partial charge < -0.3 is 10.1 Å². The molecule has 0 atom stereocenters. The van der Waals surface area contributed by atoms with Crippen LogP contribution in [0, 0.1) is 0 Å². The van der Waals surface area contributed by atoms with Crippen molar-refractivity contribution in [2.45, 2.75) is 6.42 Å². The molecule has 9 heteroatoms. The molecule has 1 saturated heterocycles. The molecule has 1 aliphatic heterocycles. The van der Waals surface area contributed by atoms with Crippen molar-refractivity contribution in [3.8, 4) is 10.6 Å². The van der Waals surface area contributed by atoms with Crippen molar-refractivity contribution in [2.24, 2.45) is 0 Å². The maximum absolute atomic E-state index is 11.8. The van der Waals surface area contributed by atoms with Gasteiger partial charge in [0.2, 0.25) is 0 Å². The van der Waals surface area contributed by atoms with Crippen LogP contribution in [0.15, 0.2) is 22.2 Å². The van der Waals surface area contributed by atoms with Crippen LogP contribution in [0.2, 0.25) is 0 Å². The van der Waals surface area contributed by atoms with Crippen LogP contribution in [0.25, 0.3) is 10.6 Å². The fraction of sp³-hybridized carbons (Fsp3) is 0.286. The second kappa shape index (κ2) is 6.88. The minimum absolute atomic E-state index is 0.000113. The summed E-state index contributed by atoms with van der Waals surface area (Å²) in [7, 11) is 0. The van der Waals surface area contributed by atoms with Gasteiger partial charge in [-0.25, -0.2) is 9.78 Å². The maximum Gasteiger partial charge on any atom is 0.324 e. The van der Waals surface area contributed by atoms with E-state index in [0.717, 1.165) is 15.5 Å². The Kier molecular flexibility index (Phi) is 4.68. The van der Waals surface area contributed by atoms with Gasteiger partial charge in [0.1, 0.15) is 5.01 Å². The smallest absolute Gasteiger partial charge is 0.324 e. The van der Waals surface area contributed by atoms with Crippen LogP contribution in [0.1, 0.15) is 5.69 Å². The van der Waals surface area contributed by atoms with Crippen LogP contribution < -0.4 is 5.32 Å². The molecule has 3 amide bonds. The lowest BCUT2D eigenvalue weighted by Gasteiger charge is -2.11. The van der Waals surface area contributed by atoms with Crippen LogP contribution in [0.4, 0.5) is 4.79 Å². The number of hydrogen-bond acceptors (Lipinski definition) is 7. The van der Waals surface area contributed by atoms with Crippen molar-refractivity contribution >= 4 is 40.6 Å². The van der Waals surface area contributed by atoms with Crippen LogP contribution in [0.3, 0.4) is 0 Å². The molecule has 2 aromatic heterocycles. The number of nitrogens with one attached hydrogen (secondary N) is 1. The molecule has 0 saturated carbocycles. The Morgan fingerprint density at radius 2 is 2.26 bits per heavy atom. The van der Waals surface area contributed by atoms with Crippen molar-refractivity contribution in [1.29, 1.82) is 0 Å². The lowest BCUT2D eigenvalue weighted by Crippen LogP contribution is -2.37. The molecule has 0 aromatic carbocycles. The summed E-state index contributed by atoms with van der Waals surface area (Å²) in [6.45, 7) is 0.280. The second-order valence-corrected chi connectivity index (χ2v) is 6.41. The van der Waals surface area contributed by atoms with E-state index < -0.39 is 24.5 Å². The topological polar surface area (TPSA) is 88.6 Å². The third kappa shape index (κ3) is 3.74. The van der Waals surface area contributed by atoms with E-state index in [-0.39, 0.29) is 6.42 Å². The minimum Gasteiger partial charge on any atom is -0.455 e. The molecule has 3 heterocycles. The van der Waals surface area contributed by atoms with Gasteiger partial charge in [-0.3, -0.25) is 14.5 Å². The quantitative estimate of drug-likeness (QED) is 0.825. The van der Waals surface area contributed by atoms with Crippen molar-refractivity contribution in [2.75, 3.05) is 19.7 Å². The number of ether oxygens (including phenoxy) is 1. The van der Waals surface area contributed by atoms with Gasteiger partial charge in [-0.1, -0.05) is 0 Å². The van der Waals surface area contributed by atoms with Crippen molar-refractivity contribution in [1.82, 2.24) is 15.2 Å². The van der Waals surface area contributed by atoms with Gasteiger partial charge in [0, 0.05) is 29.4 Å². The molecule has 23 heavy (non-hydrogen) atoms. The molecule has 0 unspecified atom stereocenters. The standard InChI is InChI=1S/C14H13N3O4S2/c18-11(17-3-2-15-14(17)20)6-21-12(19)5-10-8-23-13(16-10)9-1-4-22-7-9/h1,4,7-8H,2-3,5-6H2,(H,15,20). The molecule has 120 valence electrons. The Labute approximate surface area is 139 Å². The molecule has 1 N–H and O–H groups in total. The molecule has 1 aliphatic rings. The number of carbonyl (C=O) groups is 3. The highest BCUT2D eigenvalue weighted by molar-refractivity contribution is 7.14. The van der Waals surface area contributed by atoms with E-state index in [1.165, 1.54) is 11.3 Å². The molecule has 0 spiro atoms. The molecule has 2 aromatic rings. The van der Waals surface area contributed by atoms with E-state index >= 15 is 0 Å². The van der Waals surface area contributed by atoms with Gasteiger partial charge in [0.15, 0.2) is 6.61 Å². The van der Waals surface area contributed by atoms with Crippen LogP contribution >= 0.6 is 22.7 Å². The molecular weight excluding hydrogens is 338 g/mol. The van der Waals surface area contributed by atoms with Crippen molar-refractivity contribution in [3.05, 3.63) is 27.9 Å².